The van der Waals surface area contributed by atoms with E-state index in [4.69, 9.17) is 0 Å². The molecule has 0 amide bonds. The lowest BCUT2D eigenvalue weighted by Crippen LogP contribution is -2.32. The molecule has 0 saturated heterocycles. The van der Waals surface area contributed by atoms with Crippen molar-refractivity contribution in [3.05, 3.63) is 124 Å². The highest BCUT2D eigenvalue weighted by atomic mass is 32.1. The Hall–Kier alpha value is -3.16. The molecule has 1 heterocycles. The van der Waals surface area contributed by atoms with Crippen molar-refractivity contribution >= 4 is 27.0 Å². The molecule has 1 heteroatoms. The van der Waals surface area contributed by atoms with E-state index in [0.29, 0.717) is 11.8 Å². The molecule has 0 aliphatic heterocycles. The Morgan fingerprint density at radius 1 is 0.909 bits per heavy atom. The number of benzene rings is 3. The molecular formula is C32H26S. The van der Waals surface area contributed by atoms with E-state index in [-0.39, 0.29) is 5.41 Å². The molecule has 7 rings (SSSR count). The van der Waals surface area contributed by atoms with Crippen LogP contribution in [0.15, 0.2) is 97.1 Å². The summed E-state index contributed by atoms with van der Waals surface area (Å²) in [6.45, 7) is 4.76. The van der Waals surface area contributed by atoms with Crippen molar-refractivity contribution in [2.24, 2.45) is 5.92 Å². The first-order chi connectivity index (χ1) is 16.1. The first-order valence-electron chi connectivity index (χ1n) is 12.0. The molecule has 3 aliphatic carbocycles. The van der Waals surface area contributed by atoms with E-state index in [9.17, 15) is 0 Å². The second-order valence-electron chi connectivity index (χ2n) is 10.0. The Kier molecular flexibility index (Phi) is 4.05. The lowest BCUT2D eigenvalue weighted by Gasteiger charge is -2.42. The summed E-state index contributed by atoms with van der Waals surface area (Å²) < 4.78 is 1.40. The van der Waals surface area contributed by atoms with Gasteiger partial charge in [0.15, 0.2) is 0 Å². The van der Waals surface area contributed by atoms with Crippen LogP contribution < -0.4 is 0 Å². The molecule has 0 N–H and O–H groups in total. The fourth-order valence-corrected chi connectivity index (χ4v) is 7.61. The Bertz CT molecular complexity index is 1530. The number of allylic oxidation sites excluding steroid dienone is 5. The lowest BCUT2D eigenvalue weighted by atomic mass is 9.60. The summed E-state index contributed by atoms with van der Waals surface area (Å²) in [5.41, 5.74) is 9.97. The van der Waals surface area contributed by atoms with Gasteiger partial charge in [-0.1, -0.05) is 98.8 Å². The van der Waals surface area contributed by atoms with Gasteiger partial charge in [-0.3, -0.25) is 0 Å². The van der Waals surface area contributed by atoms with E-state index in [2.05, 4.69) is 111 Å². The van der Waals surface area contributed by atoms with Crippen molar-refractivity contribution in [2.45, 2.75) is 31.6 Å². The summed E-state index contributed by atoms with van der Waals surface area (Å²) in [6, 6.07) is 25.1. The van der Waals surface area contributed by atoms with Crippen LogP contribution in [0.25, 0.3) is 26.8 Å². The largest absolute Gasteiger partial charge is 0.135 e. The van der Waals surface area contributed by atoms with Gasteiger partial charge < -0.3 is 0 Å². The van der Waals surface area contributed by atoms with Crippen molar-refractivity contribution in [3.63, 3.8) is 0 Å². The maximum atomic E-state index is 2.51. The third-order valence-electron chi connectivity index (χ3n) is 7.92. The van der Waals surface area contributed by atoms with Gasteiger partial charge in [0.1, 0.15) is 0 Å². The third kappa shape index (κ3) is 2.69. The van der Waals surface area contributed by atoms with Gasteiger partial charge in [-0.25, -0.2) is 0 Å². The molecule has 3 aliphatic rings. The van der Waals surface area contributed by atoms with Gasteiger partial charge >= 0.3 is 0 Å². The number of fused-ring (bicyclic) bond motifs is 9. The Morgan fingerprint density at radius 3 is 2.70 bits per heavy atom. The van der Waals surface area contributed by atoms with Crippen LogP contribution in [-0.4, -0.2) is 0 Å². The number of hydrogen-bond acceptors (Lipinski definition) is 1. The molecule has 160 valence electrons. The maximum absolute atomic E-state index is 2.51. The van der Waals surface area contributed by atoms with Crippen LogP contribution in [0.1, 0.15) is 46.9 Å². The monoisotopic (exact) mass is 442 g/mol. The van der Waals surface area contributed by atoms with Gasteiger partial charge in [-0.2, -0.15) is 0 Å². The van der Waals surface area contributed by atoms with Crippen molar-refractivity contribution < 1.29 is 0 Å². The van der Waals surface area contributed by atoms with Crippen LogP contribution in [0.4, 0.5) is 0 Å². The van der Waals surface area contributed by atoms with Gasteiger partial charge in [0.2, 0.25) is 0 Å². The zero-order valence-electron chi connectivity index (χ0n) is 19.0. The summed E-state index contributed by atoms with van der Waals surface area (Å²) >= 11 is 1.96. The molecule has 0 fully saturated rings. The van der Waals surface area contributed by atoms with Gasteiger partial charge in [0, 0.05) is 20.9 Å². The molecule has 0 radical (unpaired) electrons. The predicted octanol–water partition coefficient (Wildman–Crippen LogP) is 8.67. The summed E-state index contributed by atoms with van der Waals surface area (Å²) in [5.74, 6) is 0.904. The van der Waals surface area contributed by atoms with Gasteiger partial charge in [0.05, 0.1) is 0 Å². The van der Waals surface area contributed by atoms with E-state index in [1.54, 1.807) is 0 Å². The fourth-order valence-electron chi connectivity index (χ4n) is 6.33. The van der Waals surface area contributed by atoms with Gasteiger partial charge in [0.25, 0.3) is 0 Å². The van der Waals surface area contributed by atoms with E-state index in [1.165, 1.54) is 53.9 Å². The molecule has 4 aromatic rings. The molecule has 0 bridgehead atoms. The topological polar surface area (TPSA) is 0 Å². The van der Waals surface area contributed by atoms with E-state index in [1.807, 2.05) is 11.3 Å². The highest BCUT2D eigenvalue weighted by Crippen LogP contribution is 2.54. The summed E-state index contributed by atoms with van der Waals surface area (Å²) in [5, 5.41) is 1.44. The van der Waals surface area contributed by atoms with E-state index in [0.717, 1.165) is 6.42 Å². The minimum atomic E-state index is -0.00598. The minimum absolute atomic E-state index is 0.00598. The number of rotatable bonds is 1. The highest BCUT2D eigenvalue weighted by Gasteiger charge is 2.41. The molecule has 0 spiro atoms. The molecule has 3 unspecified atom stereocenters. The third-order valence-corrected chi connectivity index (χ3v) is 9.16. The molecular weight excluding hydrogens is 416 g/mol. The normalized spacial score (nSPS) is 24.6. The standard InChI is InChI=1S/C32H26S/c1-20-17-25(31-27(18-20)24-10-4-6-13-30(24)33-31)21-14-15-22-23-9-3-5-11-28(23)32(2)16-8-7-12-29(32)26(22)19-21/h3-17,19-20,29H,18H2,1-2H3. The molecule has 3 atom stereocenters. The van der Waals surface area contributed by atoms with Crippen molar-refractivity contribution in [1.82, 2.24) is 0 Å². The Labute approximate surface area is 199 Å². The SMILES string of the molecule is CC1C=C(c2ccc3c(c2)C2C=CC=CC2(C)c2ccccc2-3)c2sc3ccccc3c2C1. The predicted molar refractivity (Wildman–Crippen MR) is 142 cm³/mol. The number of thiophene rings is 1. The minimum Gasteiger partial charge on any atom is -0.135 e. The Balaban J connectivity index is 1.45. The summed E-state index contributed by atoms with van der Waals surface area (Å²) in [6.07, 6.45) is 12.9. The zero-order chi connectivity index (χ0) is 22.2. The van der Waals surface area contributed by atoms with Crippen LogP contribution in [0.5, 0.6) is 0 Å². The second kappa shape index (κ2) is 6.92. The van der Waals surface area contributed by atoms with Crippen molar-refractivity contribution in [1.29, 1.82) is 0 Å². The average molecular weight is 443 g/mol. The first kappa shape index (κ1) is 19.3. The fraction of sp³-hybridized carbons (Fsp3) is 0.188. The molecule has 1 aromatic heterocycles. The maximum Gasteiger partial charge on any atom is 0.0390 e. The zero-order valence-corrected chi connectivity index (χ0v) is 19.8. The summed E-state index contributed by atoms with van der Waals surface area (Å²) in [4.78, 5) is 1.47. The summed E-state index contributed by atoms with van der Waals surface area (Å²) in [7, 11) is 0. The van der Waals surface area contributed by atoms with Gasteiger partial charge in [-0.05, 0) is 68.8 Å². The van der Waals surface area contributed by atoms with Crippen molar-refractivity contribution in [2.75, 3.05) is 0 Å². The molecule has 3 aromatic carbocycles. The molecule has 0 nitrogen and oxygen atoms in total. The van der Waals surface area contributed by atoms with Crippen LogP contribution in [0.2, 0.25) is 0 Å². The number of hydrogen-bond donors (Lipinski definition) is 0. The van der Waals surface area contributed by atoms with Crippen molar-refractivity contribution in [3.8, 4) is 11.1 Å². The van der Waals surface area contributed by atoms with Crippen LogP contribution in [0.3, 0.4) is 0 Å². The van der Waals surface area contributed by atoms with Gasteiger partial charge in [-0.15, -0.1) is 11.3 Å². The van der Waals surface area contributed by atoms with E-state index < -0.39 is 0 Å². The highest BCUT2D eigenvalue weighted by molar-refractivity contribution is 7.20. The average Bonchev–Trinajstić information content (AvgIpc) is 3.22. The molecule has 33 heavy (non-hydrogen) atoms. The first-order valence-corrected chi connectivity index (χ1v) is 12.8. The quantitative estimate of drug-likeness (QED) is 0.277. The smallest absolute Gasteiger partial charge is 0.0390 e. The molecule has 0 saturated carbocycles. The Morgan fingerprint density at radius 2 is 1.76 bits per heavy atom. The van der Waals surface area contributed by atoms with Crippen LogP contribution in [0, 0.1) is 5.92 Å². The van der Waals surface area contributed by atoms with E-state index >= 15 is 0 Å². The van der Waals surface area contributed by atoms with Crippen LogP contribution >= 0.6 is 11.3 Å². The second-order valence-corrected chi connectivity index (χ2v) is 11.1. The lowest BCUT2D eigenvalue weighted by molar-refractivity contribution is 0.519. The van der Waals surface area contributed by atoms with Crippen LogP contribution in [-0.2, 0) is 11.8 Å².